The number of hydrogen-bond acceptors (Lipinski definition) is 5. The van der Waals surface area contributed by atoms with Gasteiger partial charge in [0.2, 0.25) is 0 Å². The first-order valence-electron chi connectivity index (χ1n) is 10.4. The molecule has 3 saturated heterocycles. The van der Waals surface area contributed by atoms with Gasteiger partial charge in [0.15, 0.2) is 0 Å². The van der Waals surface area contributed by atoms with Crippen molar-refractivity contribution in [2.75, 3.05) is 65.6 Å². The van der Waals surface area contributed by atoms with Crippen LogP contribution in [0.1, 0.15) is 24.8 Å². The summed E-state index contributed by atoms with van der Waals surface area (Å²) in [5, 5.41) is 4.22. The predicted octanol–water partition coefficient (Wildman–Crippen LogP) is 2.63. The molecule has 3 aliphatic heterocycles. The Morgan fingerprint density at radius 1 is 1.07 bits per heavy atom. The van der Waals surface area contributed by atoms with Crippen molar-refractivity contribution in [3.63, 3.8) is 0 Å². The molecule has 5 nitrogen and oxygen atoms in total. The Morgan fingerprint density at radius 2 is 1.89 bits per heavy atom. The van der Waals surface area contributed by atoms with Gasteiger partial charge in [-0.05, 0) is 62.0 Å². The van der Waals surface area contributed by atoms with Crippen molar-refractivity contribution in [2.24, 2.45) is 5.41 Å². The molecule has 0 radical (unpaired) electrons. The molecule has 0 aromatic heterocycles. The summed E-state index contributed by atoms with van der Waals surface area (Å²) >= 11 is 6.49. The number of rotatable bonds is 6. The minimum atomic E-state index is 0.553. The summed E-state index contributed by atoms with van der Waals surface area (Å²) in [7, 11) is 0. The lowest BCUT2D eigenvalue weighted by Crippen LogP contribution is -2.38. The fourth-order valence-corrected chi connectivity index (χ4v) is 4.91. The minimum Gasteiger partial charge on any atom is -0.491 e. The van der Waals surface area contributed by atoms with Crippen LogP contribution in [0.2, 0.25) is 5.02 Å². The molecule has 3 aliphatic rings. The van der Waals surface area contributed by atoms with Gasteiger partial charge in [-0.1, -0.05) is 17.7 Å². The quantitative estimate of drug-likeness (QED) is 0.804. The van der Waals surface area contributed by atoms with Gasteiger partial charge < -0.3 is 14.8 Å². The van der Waals surface area contributed by atoms with Gasteiger partial charge in [0, 0.05) is 32.7 Å². The van der Waals surface area contributed by atoms with Gasteiger partial charge in [0.05, 0.1) is 18.2 Å². The van der Waals surface area contributed by atoms with Crippen LogP contribution in [0.5, 0.6) is 5.75 Å². The summed E-state index contributed by atoms with van der Waals surface area (Å²) in [6.07, 6.45) is 3.98. The van der Waals surface area contributed by atoms with Crippen molar-refractivity contribution < 1.29 is 9.47 Å². The largest absolute Gasteiger partial charge is 0.491 e. The number of ether oxygens (including phenoxy) is 2. The molecule has 27 heavy (non-hydrogen) atoms. The van der Waals surface area contributed by atoms with Crippen LogP contribution in [-0.2, 0) is 11.3 Å². The average molecular weight is 394 g/mol. The third-order valence-electron chi connectivity index (χ3n) is 6.35. The molecule has 1 N–H and O–H groups in total. The van der Waals surface area contributed by atoms with E-state index in [1.54, 1.807) is 0 Å². The molecule has 1 spiro atoms. The lowest BCUT2D eigenvalue weighted by atomic mass is 9.78. The number of hydrogen-bond donors (Lipinski definition) is 1. The van der Waals surface area contributed by atoms with Crippen molar-refractivity contribution >= 4 is 11.6 Å². The second kappa shape index (κ2) is 9.10. The first-order valence-corrected chi connectivity index (χ1v) is 10.7. The van der Waals surface area contributed by atoms with E-state index in [0.717, 1.165) is 50.2 Å². The summed E-state index contributed by atoms with van der Waals surface area (Å²) in [5.74, 6) is 0.796. The maximum Gasteiger partial charge on any atom is 0.137 e. The molecular formula is C21H32ClN3O2. The SMILES string of the molecule is Clc1cc(CN2CCC3(CCNCC3)C2)ccc1OCCN1CCOCC1. The van der Waals surface area contributed by atoms with E-state index in [9.17, 15) is 0 Å². The van der Waals surface area contributed by atoms with Crippen molar-refractivity contribution in [1.29, 1.82) is 0 Å². The fraction of sp³-hybridized carbons (Fsp3) is 0.714. The van der Waals surface area contributed by atoms with Crippen LogP contribution in [-0.4, -0.2) is 75.4 Å². The smallest absolute Gasteiger partial charge is 0.137 e. The highest BCUT2D eigenvalue weighted by Crippen LogP contribution is 2.39. The van der Waals surface area contributed by atoms with Crippen molar-refractivity contribution in [1.82, 2.24) is 15.1 Å². The predicted molar refractivity (Wildman–Crippen MR) is 109 cm³/mol. The number of piperidine rings is 1. The molecular weight excluding hydrogens is 362 g/mol. The fourth-order valence-electron chi connectivity index (χ4n) is 4.66. The van der Waals surface area contributed by atoms with Crippen LogP contribution in [0.25, 0.3) is 0 Å². The van der Waals surface area contributed by atoms with Crippen LogP contribution < -0.4 is 10.1 Å². The molecule has 6 heteroatoms. The zero-order valence-electron chi connectivity index (χ0n) is 16.2. The number of halogens is 1. The molecule has 1 aromatic carbocycles. The van der Waals surface area contributed by atoms with Gasteiger partial charge in [-0.25, -0.2) is 0 Å². The molecule has 0 unspecified atom stereocenters. The van der Waals surface area contributed by atoms with E-state index in [1.807, 2.05) is 6.07 Å². The Labute approximate surface area is 167 Å². The van der Waals surface area contributed by atoms with Crippen LogP contribution >= 0.6 is 11.6 Å². The lowest BCUT2D eigenvalue weighted by molar-refractivity contribution is 0.0322. The van der Waals surface area contributed by atoms with E-state index in [-0.39, 0.29) is 0 Å². The summed E-state index contributed by atoms with van der Waals surface area (Å²) < 4.78 is 11.3. The molecule has 3 fully saturated rings. The number of morpholine rings is 1. The van der Waals surface area contributed by atoms with E-state index < -0.39 is 0 Å². The molecule has 4 rings (SSSR count). The second-order valence-corrected chi connectivity index (χ2v) is 8.69. The Bertz CT molecular complexity index is 615. The number of benzene rings is 1. The highest BCUT2D eigenvalue weighted by atomic mass is 35.5. The zero-order chi connectivity index (χ0) is 18.5. The summed E-state index contributed by atoms with van der Waals surface area (Å²) in [5.41, 5.74) is 1.84. The van der Waals surface area contributed by atoms with Crippen LogP contribution in [0.4, 0.5) is 0 Å². The van der Waals surface area contributed by atoms with Crippen LogP contribution in [0.3, 0.4) is 0 Å². The van der Waals surface area contributed by atoms with E-state index in [1.165, 1.54) is 51.0 Å². The van der Waals surface area contributed by atoms with E-state index in [4.69, 9.17) is 21.1 Å². The Balaban J connectivity index is 1.25. The third kappa shape index (κ3) is 5.15. The number of nitrogens with zero attached hydrogens (tertiary/aromatic N) is 2. The van der Waals surface area contributed by atoms with Gasteiger partial charge in [0.25, 0.3) is 0 Å². The molecule has 150 valence electrons. The summed E-state index contributed by atoms with van der Waals surface area (Å²) in [6.45, 7) is 11.0. The summed E-state index contributed by atoms with van der Waals surface area (Å²) in [4.78, 5) is 4.96. The third-order valence-corrected chi connectivity index (χ3v) is 6.65. The van der Waals surface area contributed by atoms with Gasteiger partial charge in [-0.15, -0.1) is 0 Å². The van der Waals surface area contributed by atoms with Crippen molar-refractivity contribution in [3.8, 4) is 5.75 Å². The lowest BCUT2D eigenvalue weighted by Gasteiger charge is -2.34. The molecule has 0 amide bonds. The Kier molecular flexibility index (Phi) is 6.56. The second-order valence-electron chi connectivity index (χ2n) is 8.28. The minimum absolute atomic E-state index is 0.553. The highest BCUT2D eigenvalue weighted by Gasteiger charge is 2.38. The van der Waals surface area contributed by atoms with Gasteiger partial charge in [-0.3, -0.25) is 9.80 Å². The Hall–Kier alpha value is -0.850. The normalized spacial score (nSPS) is 23.7. The molecule has 0 saturated carbocycles. The molecule has 1 aromatic rings. The van der Waals surface area contributed by atoms with Gasteiger partial charge in [0.1, 0.15) is 12.4 Å². The standard InChI is InChI=1S/C21H32ClN3O2/c22-19-15-18(16-25-8-5-21(17-25)3-6-23-7-4-21)1-2-20(19)27-14-11-24-9-12-26-13-10-24/h1-2,15,23H,3-14,16-17H2. The van der Waals surface area contributed by atoms with E-state index >= 15 is 0 Å². The monoisotopic (exact) mass is 393 g/mol. The maximum atomic E-state index is 6.49. The van der Waals surface area contributed by atoms with Gasteiger partial charge in [-0.2, -0.15) is 0 Å². The zero-order valence-corrected chi connectivity index (χ0v) is 17.0. The Morgan fingerprint density at radius 3 is 2.67 bits per heavy atom. The summed E-state index contributed by atoms with van der Waals surface area (Å²) in [6, 6.07) is 6.29. The molecule has 0 aliphatic carbocycles. The molecule has 3 heterocycles. The maximum absolute atomic E-state index is 6.49. The van der Waals surface area contributed by atoms with Crippen molar-refractivity contribution in [3.05, 3.63) is 28.8 Å². The van der Waals surface area contributed by atoms with E-state index in [2.05, 4.69) is 27.2 Å². The molecule has 0 atom stereocenters. The van der Waals surface area contributed by atoms with Crippen LogP contribution in [0, 0.1) is 5.41 Å². The van der Waals surface area contributed by atoms with Crippen LogP contribution in [0.15, 0.2) is 18.2 Å². The topological polar surface area (TPSA) is 37.0 Å². The number of likely N-dealkylation sites (tertiary alicyclic amines) is 1. The van der Waals surface area contributed by atoms with E-state index in [0.29, 0.717) is 12.0 Å². The van der Waals surface area contributed by atoms with Gasteiger partial charge >= 0.3 is 0 Å². The first kappa shape index (κ1) is 19.5. The average Bonchev–Trinajstić information content (AvgIpc) is 3.06. The van der Waals surface area contributed by atoms with Crippen molar-refractivity contribution in [2.45, 2.75) is 25.8 Å². The number of nitrogens with one attached hydrogen (secondary N) is 1. The highest BCUT2D eigenvalue weighted by molar-refractivity contribution is 6.32. The first-order chi connectivity index (χ1) is 13.2. The molecule has 0 bridgehead atoms.